The highest BCUT2D eigenvalue weighted by Crippen LogP contribution is 2.31. The number of aromatic nitrogens is 1. The Morgan fingerprint density at radius 3 is 2.37 bits per heavy atom. The van der Waals surface area contributed by atoms with Crippen LogP contribution >= 0.6 is 0 Å². The third kappa shape index (κ3) is 9.70. The molecule has 1 aliphatic carbocycles. The van der Waals surface area contributed by atoms with Gasteiger partial charge in [0.05, 0.1) is 37.6 Å². The lowest BCUT2D eigenvalue weighted by Crippen LogP contribution is -2.34. The monoisotopic (exact) mass is 617 g/mol. The van der Waals surface area contributed by atoms with Gasteiger partial charge in [-0.2, -0.15) is 13.2 Å². The van der Waals surface area contributed by atoms with Crippen LogP contribution in [0.4, 0.5) is 26.3 Å². The fourth-order valence-electron chi connectivity index (χ4n) is 4.51. The summed E-state index contributed by atoms with van der Waals surface area (Å²) in [5.41, 5.74) is 0.352. The zero-order chi connectivity index (χ0) is 31.2. The summed E-state index contributed by atoms with van der Waals surface area (Å²) in [6.07, 6.45) is -8.51. The predicted molar refractivity (Wildman–Crippen MR) is 138 cm³/mol. The number of aliphatic carboxylic acids is 1. The van der Waals surface area contributed by atoms with E-state index in [0.717, 1.165) is 25.0 Å². The van der Waals surface area contributed by atoms with Crippen LogP contribution in [0, 0.1) is 6.92 Å². The van der Waals surface area contributed by atoms with Crippen molar-refractivity contribution in [2.45, 2.75) is 76.7 Å². The van der Waals surface area contributed by atoms with E-state index < -0.39 is 35.9 Å². The molecule has 3 atom stereocenters. The van der Waals surface area contributed by atoms with Crippen molar-refractivity contribution in [1.82, 2.24) is 4.98 Å². The Bertz CT molecular complexity index is 1360. The SMILES string of the molecule is Cc1oc(-c2cccc(OC(F)(F)F)c2)nc1COC1CCCC(OCC(OCc2ccc(C(F)(F)F)cc2)C(=O)O)C1. The van der Waals surface area contributed by atoms with Gasteiger partial charge < -0.3 is 28.5 Å². The third-order valence-electron chi connectivity index (χ3n) is 6.73. The maximum atomic E-state index is 12.7. The van der Waals surface area contributed by atoms with Crippen molar-refractivity contribution < 1.29 is 59.6 Å². The molecule has 1 aromatic heterocycles. The van der Waals surface area contributed by atoms with E-state index in [2.05, 4.69) is 9.72 Å². The number of oxazole rings is 1. The van der Waals surface area contributed by atoms with Crippen molar-refractivity contribution in [2.24, 2.45) is 0 Å². The smallest absolute Gasteiger partial charge is 0.479 e. The number of hydrogen-bond acceptors (Lipinski definition) is 7. The Hall–Kier alpha value is -3.62. The molecule has 8 nitrogen and oxygen atoms in total. The molecule has 14 heteroatoms. The van der Waals surface area contributed by atoms with Crippen molar-refractivity contribution in [3.05, 3.63) is 71.1 Å². The van der Waals surface area contributed by atoms with Gasteiger partial charge in [-0.05, 0) is 68.5 Å². The highest BCUT2D eigenvalue weighted by atomic mass is 19.4. The lowest BCUT2D eigenvalue weighted by Gasteiger charge is -2.29. The van der Waals surface area contributed by atoms with Crippen molar-refractivity contribution in [1.29, 1.82) is 0 Å². The molecule has 234 valence electrons. The molecular weight excluding hydrogens is 588 g/mol. The lowest BCUT2D eigenvalue weighted by atomic mass is 9.95. The number of aryl methyl sites for hydroxylation is 1. The van der Waals surface area contributed by atoms with Gasteiger partial charge in [0.15, 0.2) is 6.10 Å². The zero-order valence-corrected chi connectivity index (χ0v) is 22.9. The average molecular weight is 618 g/mol. The molecule has 0 bridgehead atoms. The largest absolute Gasteiger partial charge is 0.573 e. The lowest BCUT2D eigenvalue weighted by molar-refractivity contribution is -0.274. The van der Waals surface area contributed by atoms with Gasteiger partial charge in [-0.25, -0.2) is 9.78 Å². The molecule has 0 amide bonds. The van der Waals surface area contributed by atoms with E-state index in [0.29, 0.717) is 35.4 Å². The number of benzene rings is 2. The van der Waals surface area contributed by atoms with Crippen molar-refractivity contribution in [3.63, 3.8) is 0 Å². The summed E-state index contributed by atoms with van der Waals surface area (Å²) in [6, 6.07) is 9.53. The molecule has 0 spiro atoms. The van der Waals surface area contributed by atoms with Crippen molar-refractivity contribution in [2.75, 3.05) is 6.61 Å². The number of nitrogens with zero attached hydrogens (tertiary/aromatic N) is 1. The van der Waals surface area contributed by atoms with Crippen LogP contribution in [0.3, 0.4) is 0 Å². The number of carboxylic acid groups (broad SMARTS) is 1. The van der Waals surface area contributed by atoms with Gasteiger partial charge in [0.2, 0.25) is 5.89 Å². The van der Waals surface area contributed by atoms with Crippen LogP contribution in [0.5, 0.6) is 5.75 Å². The molecular formula is C29H29F6NO7. The second-order valence-electron chi connectivity index (χ2n) is 9.99. The summed E-state index contributed by atoms with van der Waals surface area (Å²) < 4.78 is 103. The summed E-state index contributed by atoms with van der Waals surface area (Å²) in [4.78, 5) is 16.0. The minimum atomic E-state index is -4.83. The Labute approximate surface area is 242 Å². The Morgan fingerprint density at radius 2 is 1.72 bits per heavy atom. The topological polar surface area (TPSA) is 100 Å². The van der Waals surface area contributed by atoms with E-state index >= 15 is 0 Å². The molecule has 1 aliphatic rings. The minimum Gasteiger partial charge on any atom is -0.479 e. The van der Waals surface area contributed by atoms with Gasteiger partial charge >= 0.3 is 18.5 Å². The molecule has 3 unspecified atom stereocenters. The number of rotatable bonds is 12. The summed E-state index contributed by atoms with van der Waals surface area (Å²) in [6.45, 7) is 1.29. The number of ether oxygens (including phenoxy) is 4. The maximum Gasteiger partial charge on any atom is 0.573 e. The Kier molecular flexibility index (Phi) is 10.4. The van der Waals surface area contributed by atoms with Gasteiger partial charge in [0, 0.05) is 5.56 Å². The molecule has 4 rings (SSSR count). The van der Waals surface area contributed by atoms with Gasteiger partial charge in [-0.1, -0.05) is 18.2 Å². The summed E-state index contributed by atoms with van der Waals surface area (Å²) in [5.74, 6) is -1.11. The highest BCUT2D eigenvalue weighted by Gasteiger charge is 2.32. The van der Waals surface area contributed by atoms with Crippen LogP contribution in [0.15, 0.2) is 52.9 Å². The summed E-state index contributed by atoms with van der Waals surface area (Å²) in [5, 5.41) is 9.52. The molecule has 0 saturated heterocycles. The average Bonchev–Trinajstić information content (AvgIpc) is 3.31. The Morgan fingerprint density at radius 1 is 1.02 bits per heavy atom. The number of alkyl halides is 6. The number of carboxylic acids is 1. The van der Waals surface area contributed by atoms with Crippen LogP contribution in [0.25, 0.3) is 11.5 Å². The normalized spacial score (nSPS) is 18.4. The highest BCUT2D eigenvalue weighted by molar-refractivity contribution is 5.72. The second kappa shape index (κ2) is 13.8. The van der Waals surface area contributed by atoms with E-state index in [9.17, 15) is 36.2 Å². The van der Waals surface area contributed by atoms with Gasteiger partial charge in [-0.15, -0.1) is 13.2 Å². The summed E-state index contributed by atoms with van der Waals surface area (Å²) >= 11 is 0. The molecule has 1 fully saturated rings. The molecule has 1 saturated carbocycles. The standard InChI is InChI=1S/C29H29F6NO7/c1-17-24(36-26(42-17)19-4-2-7-23(12-19)43-29(33,34)35)15-39-21-5-3-6-22(13-21)40-16-25(27(37)38)41-14-18-8-10-20(11-9-18)28(30,31)32/h2,4,7-12,21-22,25H,3,5-6,13-16H2,1H3,(H,37,38). The van der Waals surface area contributed by atoms with Gasteiger partial charge in [0.1, 0.15) is 17.2 Å². The van der Waals surface area contributed by atoms with Crippen LogP contribution in [-0.4, -0.2) is 47.3 Å². The van der Waals surface area contributed by atoms with E-state index in [-0.39, 0.29) is 37.9 Å². The van der Waals surface area contributed by atoms with Gasteiger partial charge in [0.25, 0.3) is 0 Å². The predicted octanol–water partition coefficient (Wildman–Crippen LogP) is 7.08. The van der Waals surface area contributed by atoms with E-state index in [4.69, 9.17) is 18.6 Å². The molecule has 1 heterocycles. The summed E-state index contributed by atoms with van der Waals surface area (Å²) in [7, 11) is 0. The number of carbonyl (C=O) groups is 1. The first-order valence-corrected chi connectivity index (χ1v) is 13.3. The molecule has 1 N–H and O–H groups in total. The molecule has 43 heavy (non-hydrogen) atoms. The fourth-order valence-corrected chi connectivity index (χ4v) is 4.51. The molecule has 3 aromatic rings. The Balaban J connectivity index is 1.26. The molecule has 0 aliphatic heterocycles. The minimum absolute atomic E-state index is 0.0828. The van der Waals surface area contributed by atoms with Crippen molar-refractivity contribution in [3.8, 4) is 17.2 Å². The van der Waals surface area contributed by atoms with E-state index in [1.54, 1.807) is 13.0 Å². The van der Waals surface area contributed by atoms with Crippen LogP contribution in [0.1, 0.15) is 48.3 Å². The van der Waals surface area contributed by atoms with Crippen LogP contribution < -0.4 is 4.74 Å². The number of hydrogen-bond donors (Lipinski definition) is 1. The first kappa shape index (κ1) is 32.3. The molecule has 0 radical (unpaired) electrons. The fraction of sp³-hybridized carbons (Fsp3) is 0.448. The second-order valence-corrected chi connectivity index (χ2v) is 9.99. The van der Waals surface area contributed by atoms with E-state index in [1.165, 1.54) is 30.3 Å². The third-order valence-corrected chi connectivity index (χ3v) is 6.73. The van der Waals surface area contributed by atoms with Crippen LogP contribution in [-0.2, 0) is 38.4 Å². The quantitative estimate of drug-likeness (QED) is 0.215. The van der Waals surface area contributed by atoms with E-state index in [1.807, 2.05) is 0 Å². The van der Waals surface area contributed by atoms with Crippen molar-refractivity contribution >= 4 is 5.97 Å². The number of halogens is 6. The van der Waals surface area contributed by atoms with Crippen LogP contribution in [0.2, 0.25) is 0 Å². The first-order chi connectivity index (χ1) is 20.3. The molecule has 2 aromatic carbocycles. The first-order valence-electron chi connectivity index (χ1n) is 13.3. The zero-order valence-electron chi connectivity index (χ0n) is 22.9. The van der Waals surface area contributed by atoms with Gasteiger partial charge in [-0.3, -0.25) is 0 Å². The maximum absolute atomic E-state index is 12.7.